The molecule has 4 amide bonds. The molecule has 0 spiro atoms. The summed E-state index contributed by atoms with van der Waals surface area (Å²) in [6.45, 7) is 0.479. The molecule has 158 valence electrons. The summed E-state index contributed by atoms with van der Waals surface area (Å²) < 4.78 is 0. The van der Waals surface area contributed by atoms with Crippen molar-refractivity contribution in [3.63, 3.8) is 0 Å². The summed E-state index contributed by atoms with van der Waals surface area (Å²) in [5.41, 5.74) is 1.85. The maximum atomic E-state index is 13.2. The average molecular weight is 446 g/mol. The van der Waals surface area contributed by atoms with Gasteiger partial charge >= 0.3 is 6.03 Å². The summed E-state index contributed by atoms with van der Waals surface area (Å²) in [6.07, 6.45) is 9.61. The average Bonchev–Trinajstić information content (AvgIpc) is 3.24. The zero-order chi connectivity index (χ0) is 21.1. The van der Waals surface area contributed by atoms with Gasteiger partial charge in [0, 0.05) is 11.6 Å². The predicted octanol–water partition coefficient (Wildman–Crippen LogP) is 4.11. The van der Waals surface area contributed by atoms with E-state index in [1.54, 1.807) is 24.3 Å². The van der Waals surface area contributed by atoms with Crippen LogP contribution in [0.3, 0.4) is 0 Å². The van der Waals surface area contributed by atoms with Gasteiger partial charge in [-0.3, -0.25) is 9.59 Å². The maximum Gasteiger partial charge on any atom is 0.332 e. The molecule has 2 aliphatic heterocycles. The molecule has 3 aliphatic rings. The number of urea groups is 1. The molecule has 2 atom stereocenters. The van der Waals surface area contributed by atoms with Gasteiger partial charge in [0.1, 0.15) is 11.8 Å². The Morgan fingerprint density at radius 1 is 1.20 bits per heavy atom. The lowest BCUT2D eigenvalue weighted by Crippen LogP contribution is -2.63. The largest absolute Gasteiger partial charge is 0.354 e. The van der Waals surface area contributed by atoms with Crippen molar-refractivity contribution >= 4 is 46.9 Å². The molecule has 8 heteroatoms. The zero-order valence-electron chi connectivity index (χ0n) is 16.6. The molecule has 1 aliphatic carbocycles. The molecule has 30 heavy (non-hydrogen) atoms. The number of imide groups is 1. The van der Waals surface area contributed by atoms with E-state index in [9.17, 15) is 14.4 Å². The number of rotatable bonds is 6. The summed E-state index contributed by atoms with van der Waals surface area (Å²) in [4.78, 5) is 41.4. The molecular weight excluding hydrogens is 422 g/mol. The first-order valence-corrected chi connectivity index (χ1v) is 11.5. The minimum atomic E-state index is -0.485. The van der Waals surface area contributed by atoms with Crippen LogP contribution in [0.15, 0.2) is 47.4 Å². The summed E-state index contributed by atoms with van der Waals surface area (Å²) in [7, 11) is 0. The fourth-order valence-electron chi connectivity index (χ4n) is 4.05. The lowest BCUT2D eigenvalue weighted by molar-refractivity contribution is -0.124. The van der Waals surface area contributed by atoms with Gasteiger partial charge in [-0.15, -0.1) is 11.8 Å². The van der Waals surface area contributed by atoms with Crippen molar-refractivity contribution in [2.45, 2.75) is 43.4 Å². The Morgan fingerprint density at radius 3 is 2.73 bits per heavy atom. The predicted molar refractivity (Wildman–Crippen MR) is 120 cm³/mol. The van der Waals surface area contributed by atoms with Crippen LogP contribution in [0.2, 0.25) is 5.02 Å². The molecule has 0 radical (unpaired) electrons. The minimum Gasteiger partial charge on any atom is -0.354 e. The van der Waals surface area contributed by atoms with Crippen LogP contribution in [0.25, 0.3) is 0 Å². The minimum absolute atomic E-state index is 0.0820. The van der Waals surface area contributed by atoms with Crippen molar-refractivity contribution in [1.82, 2.24) is 10.2 Å². The van der Waals surface area contributed by atoms with Crippen molar-refractivity contribution in [2.75, 3.05) is 18.0 Å². The molecule has 0 saturated carbocycles. The van der Waals surface area contributed by atoms with E-state index in [1.165, 1.54) is 35.1 Å². The number of nitrogens with one attached hydrogen (secondary N) is 1. The molecule has 4 rings (SSSR count). The van der Waals surface area contributed by atoms with Gasteiger partial charge in [-0.25, -0.2) is 9.69 Å². The van der Waals surface area contributed by atoms with E-state index < -0.39 is 17.3 Å². The maximum absolute atomic E-state index is 13.2. The Bertz CT molecular complexity index is 899. The van der Waals surface area contributed by atoms with Crippen molar-refractivity contribution in [3.8, 4) is 0 Å². The standard InChI is InChI=1S/C22H24ClN3O3S/c23-16-6-8-17(9-7-16)26-21(28)20-18(11-13-30-20)25(22(26)29)14-19(27)24-12-10-15-4-2-1-3-5-15/h4,6-9,11,13,18,20H,1-3,5,10,12,14H2,(H,24,27). The molecule has 1 aromatic carbocycles. The normalized spacial score (nSPS) is 23.4. The van der Waals surface area contributed by atoms with Gasteiger partial charge in [-0.2, -0.15) is 0 Å². The van der Waals surface area contributed by atoms with Crippen LogP contribution in [0.1, 0.15) is 32.1 Å². The lowest BCUT2D eigenvalue weighted by Gasteiger charge is -2.40. The number of hydrogen-bond acceptors (Lipinski definition) is 4. The summed E-state index contributed by atoms with van der Waals surface area (Å²) in [6, 6.07) is 5.66. The number of halogens is 1. The van der Waals surface area contributed by atoms with E-state index >= 15 is 0 Å². The fraction of sp³-hybridized carbons (Fsp3) is 0.409. The second-order valence-corrected chi connectivity index (χ2v) is 9.13. The van der Waals surface area contributed by atoms with Crippen LogP contribution in [0, 0.1) is 0 Å². The number of carbonyl (C=O) groups is 3. The molecule has 2 unspecified atom stereocenters. The first-order valence-electron chi connectivity index (χ1n) is 10.2. The number of fused-ring (bicyclic) bond motifs is 1. The molecule has 2 heterocycles. The quantitative estimate of drug-likeness (QED) is 0.669. The zero-order valence-corrected chi connectivity index (χ0v) is 18.1. The highest BCUT2D eigenvalue weighted by atomic mass is 35.5. The number of thioether (sulfide) groups is 1. The van der Waals surface area contributed by atoms with Crippen molar-refractivity contribution in [3.05, 3.63) is 52.4 Å². The number of carbonyl (C=O) groups excluding carboxylic acids is 3. The molecule has 1 aromatic rings. The van der Waals surface area contributed by atoms with Crippen LogP contribution >= 0.6 is 23.4 Å². The topological polar surface area (TPSA) is 69.7 Å². The Balaban J connectivity index is 1.44. The van der Waals surface area contributed by atoms with Crippen LogP contribution in [-0.2, 0) is 9.59 Å². The molecule has 0 aromatic heterocycles. The lowest BCUT2D eigenvalue weighted by atomic mass is 9.97. The van der Waals surface area contributed by atoms with Crippen molar-refractivity contribution < 1.29 is 14.4 Å². The number of hydrogen-bond donors (Lipinski definition) is 1. The molecule has 1 fully saturated rings. The van der Waals surface area contributed by atoms with E-state index in [2.05, 4.69) is 11.4 Å². The summed E-state index contributed by atoms with van der Waals surface area (Å²) >= 11 is 7.32. The molecule has 1 N–H and O–H groups in total. The van der Waals surface area contributed by atoms with Gasteiger partial charge in [0.05, 0.1) is 11.7 Å². The van der Waals surface area contributed by atoms with Gasteiger partial charge in [0.15, 0.2) is 0 Å². The summed E-state index contributed by atoms with van der Waals surface area (Å²) in [5.74, 6) is -0.488. The van der Waals surface area contributed by atoms with Crippen LogP contribution < -0.4 is 10.2 Å². The first-order chi connectivity index (χ1) is 14.5. The van der Waals surface area contributed by atoms with Crippen molar-refractivity contribution in [2.24, 2.45) is 0 Å². The number of anilines is 1. The fourth-order valence-corrected chi connectivity index (χ4v) is 5.21. The SMILES string of the molecule is O=C(CN1C(=O)N(c2ccc(Cl)cc2)C(=O)C2SC=CC21)NCCC1=CCCCC1. The molecular formula is C22H24ClN3O3S. The highest BCUT2D eigenvalue weighted by Gasteiger charge is 2.48. The van der Waals surface area contributed by atoms with Crippen LogP contribution in [0.5, 0.6) is 0 Å². The number of benzene rings is 1. The van der Waals surface area contributed by atoms with E-state index in [4.69, 9.17) is 11.6 Å². The van der Waals surface area contributed by atoms with Gasteiger partial charge in [-0.05, 0) is 61.8 Å². The van der Waals surface area contributed by atoms with Gasteiger partial charge in [-0.1, -0.05) is 29.3 Å². The van der Waals surface area contributed by atoms with Gasteiger partial charge < -0.3 is 10.2 Å². The molecule has 1 saturated heterocycles. The Kier molecular flexibility index (Phi) is 6.49. The van der Waals surface area contributed by atoms with E-state index in [1.807, 2.05) is 11.5 Å². The van der Waals surface area contributed by atoms with E-state index in [0.29, 0.717) is 17.3 Å². The molecule has 0 bridgehead atoms. The van der Waals surface area contributed by atoms with Crippen LogP contribution in [-0.4, -0.2) is 47.1 Å². The third kappa shape index (κ3) is 4.42. The van der Waals surface area contributed by atoms with Crippen LogP contribution in [0.4, 0.5) is 10.5 Å². The monoisotopic (exact) mass is 445 g/mol. The highest BCUT2D eigenvalue weighted by molar-refractivity contribution is 8.03. The first kappa shape index (κ1) is 21.0. The highest BCUT2D eigenvalue weighted by Crippen LogP contribution is 2.36. The Morgan fingerprint density at radius 2 is 2.00 bits per heavy atom. The van der Waals surface area contributed by atoms with Gasteiger partial charge in [0.25, 0.3) is 5.91 Å². The summed E-state index contributed by atoms with van der Waals surface area (Å²) in [5, 5.41) is 4.83. The third-order valence-electron chi connectivity index (χ3n) is 5.62. The smallest absolute Gasteiger partial charge is 0.332 e. The number of allylic oxidation sites excluding steroid dienone is 1. The van der Waals surface area contributed by atoms with Crippen molar-refractivity contribution in [1.29, 1.82) is 0 Å². The van der Waals surface area contributed by atoms with Gasteiger partial charge in [0.2, 0.25) is 5.91 Å². The van der Waals surface area contributed by atoms with E-state index in [0.717, 1.165) is 24.2 Å². The second kappa shape index (κ2) is 9.27. The van der Waals surface area contributed by atoms with E-state index in [-0.39, 0.29) is 18.4 Å². The Labute approximate surface area is 185 Å². The Hall–Kier alpha value is -2.25. The molecule has 6 nitrogen and oxygen atoms in total. The number of nitrogens with zero attached hydrogens (tertiary/aromatic N) is 2. The number of amides is 4. The third-order valence-corrected chi connectivity index (χ3v) is 6.96. The second-order valence-electron chi connectivity index (χ2n) is 7.64.